The summed E-state index contributed by atoms with van der Waals surface area (Å²) in [5.41, 5.74) is 9.29. The Morgan fingerprint density at radius 2 is 1.77 bits per heavy atom. The second-order valence-electron chi connectivity index (χ2n) is 6.64. The Balaban J connectivity index is 2.10. The lowest BCUT2D eigenvalue weighted by atomic mass is 10.0. The van der Waals surface area contributed by atoms with E-state index in [0.29, 0.717) is 5.06 Å². The van der Waals surface area contributed by atoms with Crippen LogP contribution in [0.1, 0.15) is 61.6 Å². The fourth-order valence-corrected chi connectivity index (χ4v) is 2.90. The molecule has 3 N–H and O–H groups in total. The summed E-state index contributed by atoms with van der Waals surface area (Å²) in [7, 11) is 0. The first-order valence-electron chi connectivity index (χ1n) is 8.97. The Morgan fingerprint density at radius 3 is 2.31 bits per heavy atom. The molecule has 2 aromatic carbocycles. The van der Waals surface area contributed by atoms with E-state index in [0.717, 1.165) is 35.3 Å². The van der Waals surface area contributed by atoms with Crippen LogP contribution in [0.5, 0.6) is 5.75 Å². The molecule has 0 heterocycles. The molecular formula is C21H28N2O3. The van der Waals surface area contributed by atoms with E-state index in [-0.39, 0.29) is 6.10 Å². The van der Waals surface area contributed by atoms with Crippen molar-refractivity contribution in [1.29, 1.82) is 0 Å². The minimum absolute atomic E-state index is 0.0763. The number of carbonyl (C=O) groups excluding carboxylic acids is 1. The molecule has 5 heteroatoms. The molecule has 0 fully saturated rings. The average Bonchev–Trinajstić information content (AvgIpc) is 2.62. The monoisotopic (exact) mass is 356 g/mol. The second-order valence-corrected chi connectivity index (χ2v) is 6.64. The smallest absolute Gasteiger partial charge is 0.339 e. The zero-order chi connectivity index (χ0) is 19.3. The van der Waals surface area contributed by atoms with Gasteiger partial charge in [0.05, 0.1) is 6.04 Å². The summed E-state index contributed by atoms with van der Waals surface area (Å²) in [4.78, 5) is 11.1. The third-order valence-corrected chi connectivity index (χ3v) is 4.57. The van der Waals surface area contributed by atoms with E-state index in [9.17, 15) is 10.0 Å². The molecule has 26 heavy (non-hydrogen) atoms. The number of aryl methyl sites for hydroxylation is 2. The maximum absolute atomic E-state index is 11.1. The molecule has 2 amide bonds. The number of carbonyl (C=O) groups is 1. The quantitative estimate of drug-likeness (QED) is 0.546. The standard InChI is InChI=1S/C21H28N2O3/c1-5-6-17-7-9-18(10-8-17)16(4)26-20-12-11-19(13-14(20)2)15(3)23(25)21(22)24/h7-13,15-16,25H,5-6H2,1-4H3,(H2,22,24). The molecule has 0 bridgehead atoms. The van der Waals surface area contributed by atoms with E-state index in [1.165, 1.54) is 5.56 Å². The molecule has 0 aliphatic carbocycles. The van der Waals surface area contributed by atoms with Crippen molar-refractivity contribution in [2.75, 3.05) is 0 Å². The van der Waals surface area contributed by atoms with E-state index in [1.807, 2.05) is 32.0 Å². The highest BCUT2D eigenvalue weighted by Gasteiger charge is 2.18. The Labute approximate surface area is 155 Å². The molecule has 0 saturated carbocycles. The number of amides is 2. The topological polar surface area (TPSA) is 75.8 Å². The third-order valence-electron chi connectivity index (χ3n) is 4.57. The van der Waals surface area contributed by atoms with Crippen molar-refractivity contribution in [3.63, 3.8) is 0 Å². The minimum Gasteiger partial charge on any atom is -0.486 e. The lowest BCUT2D eigenvalue weighted by molar-refractivity contribution is -0.0710. The zero-order valence-electron chi connectivity index (χ0n) is 15.9. The lowest BCUT2D eigenvalue weighted by Crippen LogP contribution is -2.34. The molecular weight excluding hydrogens is 328 g/mol. The van der Waals surface area contributed by atoms with Gasteiger partial charge in [0.25, 0.3) is 0 Å². The van der Waals surface area contributed by atoms with Crippen molar-refractivity contribution in [2.24, 2.45) is 5.73 Å². The minimum atomic E-state index is -0.879. The van der Waals surface area contributed by atoms with E-state index in [4.69, 9.17) is 10.5 Å². The van der Waals surface area contributed by atoms with Crippen molar-refractivity contribution in [3.05, 3.63) is 64.7 Å². The van der Waals surface area contributed by atoms with Gasteiger partial charge in [0.1, 0.15) is 11.9 Å². The first-order chi connectivity index (χ1) is 12.3. The third kappa shape index (κ3) is 4.76. The highest BCUT2D eigenvalue weighted by Crippen LogP contribution is 2.29. The van der Waals surface area contributed by atoms with Crippen LogP contribution in [0.4, 0.5) is 4.79 Å². The van der Waals surface area contributed by atoms with Gasteiger partial charge in [-0.15, -0.1) is 0 Å². The van der Waals surface area contributed by atoms with Gasteiger partial charge >= 0.3 is 6.03 Å². The second kappa shape index (κ2) is 8.72. The highest BCUT2D eigenvalue weighted by molar-refractivity contribution is 5.71. The number of nitrogens with two attached hydrogens (primary N) is 1. The van der Waals surface area contributed by atoms with Gasteiger partial charge in [0.15, 0.2) is 0 Å². The van der Waals surface area contributed by atoms with E-state index < -0.39 is 12.1 Å². The van der Waals surface area contributed by atoms with Crippen LogP contribution in [0.3, 0.4) is 0 Å². The molecule has 0 radical (unpaired) electrons. The number of rotatable bonds is 7. The Kier molecular flexibility index (Phi) is 6.64. The Hall–Kier alpha value is -2.53. The van der Waals surface area contributed by atoms with Crippen molar-refractivity contribution < 1.29 is 14.7 Å². The van der Waals surface area contributed by atoms with Gasteiger partial charge in [-0.3, -0.25) is 5.21 Å². The van der Waals surface area contributed by atoms with Crippen LogP contribution in [-0.4, -0.2) is 16.3 Å². The van der Waals surface area contributed by atoms with Crippen LogP contribution in [0.2, 0.25) is 0 Å². The fraction of sp³-hybridized carbons (Fsp3) is 0.381. The number of hydroxylamine groups is 2. The van der Waals surface area contributed by atoms with Crippen LogP contribution in [0, 0.1) is 6.92 Å². The summed E-state index contributed by atoms with van der Waals surface area (Å²) in [5, 5.41) is 10.2. The summed E-state index contributed by atoms with van der Waals surface area (Å²) < 4.78 is 6.11. The normalized spacial score (nSPS) is 13.1. The highest BCUT2D eigenvalue weighted by atomic mass is 16.5. The number of ether oxygens (including phenoxy) is 1. The summed E-state index contributed by atoms with van der Waals surface area (Å²) in [6.07, 6.45) is 2.14. The largest absolute Gasteiger partial charge is 0.486 e. The maximum atomic E-state index is 11.1. The molecule has 0 spiro atoms. The van der Waals surface area contributed by atoms with Gasteiger partial charge in [-0.2, -0.15) is 5.06 Å². The van der Waals surface area contributed by atoms with Crippen LogP contribution in [0.15, 0.2) is 42.5 Å². The molecule has 2 atom stereocenters. The number of primary amides is 1. The summed E-state index contributed by atoms with van der Waals surface area (Å²) in [6.45, 7) is 7.84. The van der Waals surface area contributed by atoms with Crippen LogP contribution in [-0.2, 0) is 6.42 Å². The molecule has 2 unspecified atom stereocenters. The number of urea groups is 1. The summed E-state index contributed by atoms with van der Waals surface area (Å²) in [5.74, 6) is 0.773. The number of hydrogen-bond acceptors (Lipinski definition) is 3. The van der Waals surface area contributed by atoms with E-state index in [1.54, 1.807) is 6.92 Å². The van der Waals surface area contributed by atoms with Crippen molar-refractivity contribution in [2.45, 2.75) is 52.7 Å². The summed E-state index contributed by atoms with van der Waals surface area (Å²) in [6, 6.07) is 12.7. The average molecular weight is 356 g/mol. The lowest BCUT2D eigenvalue weighted by Gasteiger charge is -2.22. The predicted octanol–water partition coefficient (Wildman–Crippen LogP) is 4.92. The fourth-order valence-electron chi connectivity index (χ4n) is 2.90. The number of nitrogens with zero attached hydrogens (tertiary/aromatic N) is 1. The van der Waals surface area contributed by atoms with Gasteiger partial charge in [-0.05, 0) is 55.5 Å². The zero-order valence-corrected chi connectivity index (χ0v) is 15.9. The Morgan fingerprint density at radius 1 is 1.15 bits per heavy atom. The van der Waals surface area contributed by atoms with Crippen molar-refractivity contribution in [3.8, 4) is 5.75 Å². The van der Waals surface area contributed by atoms with Gasteiger partial charge in [0, 0.05) is 0 Å². The first kappa shape index (κ1) is 19.8. The molecule has 0 aromatic heterocycles. The Bertz CT molecular complexity index is 743. The molecule has 0 aliphatic rings. The SMILES string of the molecule is CCCc1ccc(C(C)Oc2ccc(C(C)N(O)C(N)=O)cc2C)cc1. The molecule has 140 valence electrons. The number of hydrogen-bond donors (Lipinski definition) is 2. The van der Waals surface area contributed by atoms with Crippen molar-refractivity contribution in [1.82, 2.24) is 5.06 Å². The molecule has 0 aliphatic heterocycles. The molecule has 5 nitrogen and oxygen atoms in total. The van der Waals surface area contributed by atoms with E-state index in [2.05, 4.69) is 31.2 Å². The van der Waals surface area contributed by atoms with Gasteiger partial charge in [-0.25, -0.2) is 4.79 Å². The van der Waals surface area contributed by atoms with Gasteiger partial charge < -0.3 is 10.5 Å². The van der Waals surface area contributed by atoms with Crippen molar-refractivity contribution >= 4 is 6.03 Å². The molecule has 2 aromatic rings. The molecule has 0 saturated heterocycles. The number of benzene rings is 2. The van der Waals surface area contributed by atoms with E-state index >= 15 is 0 Å². The van der Waals surface area contributed by atoms with Crippen LogP contribution >= 0.6 is 0 Å². The summed E-state index contributed by atoms with van der Waals surface area (Å²) >= 11 is 0. The first-order valence-corrected chi connectivity index (χ1v) is 8.97. The van der Waals surface area contributed by atoms with Gasteiger partial charge in [0.2, 0.25) is 0 Å². The molecule has 2 rings (SSSR count). The maximum Gasteiger partial charge on any atom is 0.339 e. The van der Waals surface area contributed by atoms with Gasteiger partial charge in [-0.1, -0.05) is 49.7 Å². The van der Waals surface area contributed by atoms with Crippen LogP contribution < -0.4 is 10.5 Å². The predicted molar refractivity (Wildman–Crippen MR) is 102 cm³/mol. The van der Waals surface area contributed by atoms with Crippen LogP contribution in [0.25, 0.3) is 0 Å².